The van der Waals surface area contributed by atoms with Gasteiger partial charge in [-0.2, -0.15) is 0 Å². The lowest BCUT2D eigenvalue weighted by molar-refractivity contribution is -0.118. The van der Waals surface area contributed by atoms with Crippen molar-refractivity contribution in [1.82, 2.24) is 4.90 Å². The molecule has 0 aliphatic heterocycles. The van der Waals surface area contributed by atoms with Gasteiger partial charge in [0, 0.05) is 12.1 Å². The molecule has 5 nitrogen and oxygen atoms in total. The molecule has 0 aliphatic rings. The minimum Gasteiger partial charge on any atom is -0.384 e. The summed E-state index contributed by atoms with van der Waals surface area (Å²) in [4.78, 5) is 24.8. The molecule has 0 radical (unpaired) electrons. The molecule has 2 amide bonds. The number of hydrogen-bond acceptors (Lipinski definition) is 4. The van der Waals surface area contributed by atoms with Gasteiger partial charge in [-0.05, 0) is 18.4 Å². The molecule has 18 heavy (non-hydrogen) atoms. The second-order valence-corrected chi connectivity index (χ2v) is 4.33. The minimum absolute atomic E-state index is 0.111. The Kier molecular flexibility index (Phi) is 5.36. The van der Waals surface area contributed by atoms with E-state index in [2.05, 4.69) is 11.8 Å². The van der Waals surface area contributed by atoms with Gasteiger partial charge in [-0.1, -0.05) is 11.8 Å². The molecule has 0 aliphatic carbocycles. The van der Waals surface area contributed by atoms with Gasteiger partial charge < -0.3 is 15.7 Å². The van der Waals surface area contributed by atoms with Crippen LogP contribution in [0.3, 0.4) is 0 Å². The van der Waals surface area contributed by atoms with Crippen LogP contribution in [0.1, 0.15) is 22.2 Å². The summed E-state index contributed by atoms with van der Waals surface area (Å²) in [6, 6.07) is 1.71. The zero-order valence-corrected chi connectivity index (χ0v) is 10.8. The summed E-state index contributed by atoms with van der Waals surface area (Å²) in [6.07, 6.45) is 0. The highest BCUT2D eigenvalue weighted by atomic mass is 32.1. The number of nitrogens with zero attached hydrogens (tertiary/aromatic N) is 1. The Labute approximate surface area is 109 Å². The van der Waals surface area contributed by atoms with Crippen molar-refractivity contribution in [1.29, 1.82) is 0 Å². The Bertz CT molecular complexity index is 499. The summed E-state index contributed by atoms with van der Waals surface area (Å²) in [5, 5.41) is 10.4. The Morgan fingerprint density at radius 3 is 2.83 bits per heavy atom. The number of likely N-dealkylation sites (N-methyl/N-ethyl adjacent to an activating group) is 1. The van der Waals surface area contributed by atoms with E-state index in [0.717, 1.165) is 0 Å². The molecule has 96 valence electrons. The van der Waals surface area contributed by atoms with Crippen LogP contribution in [0.5, 0.6) is 0 Å². The van der Waals surface area contributed by atoms with Crippen molar-refractivity contribution in [2.45, 2.75) is 6.92 Å². The van der Waals surface area contributed by atoms with Crippen LogP contribution in [0.2, 0.25) is 0 Å². The van der Waals surface area contributed by atoms with E-state index >= 15 is 0 Å². The third-order valence-corrected chi connectivity index (χ3v) is 3.08. The largest absolute Gasteiger partial charge is 0.384 e. The SMILES string of the molecule is CCN(CC(N)=O)C(=O)c1sccc1C#CCO. The molecule has 0 atom stereocenters. The monoisotopic (exact) mass is 266 g/mol. The Hall–Kier alpha value is -1.84. The second-order valence-electron chi connectivity index (χ2n) is 3.41. The van der Waals surface area contributed by atoms with Crippen molar-refractivity contribution >= 4 is 23.2 Å². The predicted molar refractivity (Wildman–Crippen MR) is 69.1 cm³/mol. The molecular formula is C12H14N2O3S. The Balaban J connectivity index is 2.95. The summed E-state index contributed by atoms with van der Waals surface area (Å²) in [7, 11) is 0. The lowest BCUT2D eigenvalue weighted by Crippen LogP contribution is -2.38. The summed E-state index contributed by atoms with van der Waals surface area (Å²) >= 11 is 1.25. The van der Waals surface area contributed by atoms with E-state index < -0.39 is 5.91 Å². The third-order valence-electron chi connectivity index (χ3n) is 2.18. The maximum absolute atomic E-state index is 12.2. The highest BCUT2D eigenvalue weighted by molar-refractivity contribution is 7.12. The number of carbonyl (C=O) groups is 2. The van der Waals surface area contributed by atoms with Crippen molar-refractivity contribution in [2.24, 2.45) is 5.73 Å². The third kappa shape index (κ3) is 3.58. The normalized spacial score (nSPS) is 9.44. The van der Waals surface area contributed by atoms with Crippen molar-refractivity contribution in [2.75, 3.05) is 19.7 Å². The second kappa shape index (κ2) is 6.79. The molecule has 0 saturated carbocycles. The number of primary amides is 1. The average Bonchev–Trinajstić information content (AvgIpc) is 2.80. The topological polar surface area (TPSA) is 83.6 Å². The fraction of sp³-hybridized carbons (Fsp3) is 0.333. The summed E-state index contributed by atoms with van der Waals surface area (Å²) < 4.78 is 0. The van der Waals surface area contributed by atoms with Crippen LogP contribution in [0.15, 0.2) is 11.4 Å². The first-order valence-corrected chi connectivity index (χ1v) is 6.22. The first-order chi connectivity index (χ1) is 8.60. The van der Waals surface area contributed by atoms with Crippen molar-refractivity contribution < 1.29 is 14.7 Å². The molecule has 0 aromatic carbocycles. The standard InChI is InChI=1S/C12H14N2O3S/c1-2-14(8-10(13)16)12(17)11-9(4-3-6-15)5-7-18-11/h5,7,15H,2,6,8H2,1H3,(H2,13,16). The first-order valence-electron chi connectivity index (χ1n) is 5.35. The van der Waals surface area contributed by atoms with Gasteiger partial charge in [-0.25, -0.2) is 0 Å². The molecule has 0 saturated heterocycles. The number of rotatable bonds is 4. The molecule has 0 bridgehead atoms. The number of amides is 2. The molecular weight excluding hydrogens is 252 g/mol. The fourth-order valence-corrected chi connectivity index (χ4v) is 2.18. The van der Waals surface area contributed by atoms with E-state index in [1.54, 1.807) is 18.4 Å². The van der Waals surface area contributed by atoms with Gasteiger partial charge in [0.2, 0.25) is 5.91 Å². The van der Waals surface area contributed by atoms with Crippen molar-refractivity contribution in [3.63, 3.8) is 0 Å². The first kappa shape index (κ1) is 14.2. The molecule has 6 heteroatoms. The van der Waals surface area contributed by atoms with Crippen molar-refractivity contribution in [3.8, 4) is 11.8 Å². The molecule has 0 unspecified atom stereocenters. The van der Waals surface area contributed by atoms with E-state index in [1.807, 2.05) is 0 Å². The summed E-state index contributed by atoms with van der Waals surface area (Å²) in [5.74, 6) is 4.38. The highest BCUT2D eigenvalue weighted by Gasteiger charge is 2.19. The van der Waals surface area contributed by atoms with Gasteiger partial charge in [0.25, 0.3) is 5.91 Å². The Morgan fingerprint density at radius 2 is 2.28 bits per heavy atom. The molecule has 3 N–H and O–H groups in total. The van der Waals surface area contributed by atoms with E-state index in [4.69, 9.17) is 10.8 Å². The number of thiophene rings is 1. The van der Waals surface area contributed by atoms with Gasteiger partial charge in [-0.15, -0.1) is 11.3 Å². The number of nitrogens with two attached hydrogens (primary N) is 1. The van der Waals surface area contributed by atoms with E-state index in [9.17, 15) is 9.59 Å². The van der Waals surface area contributed by atoms with Crippen LogP contribution < -0.4 is 5.73 Å². The zero-order chi connectivity index (χ0) is 13.5. The smallest absolute Gasteiger partial charge is 0.265 e. The zero-order valence-electron chi connectivity index (χ0n) is 9.97. The molecule has 1 aromatic heterocycles. The minimum atomic E-state index is -0.551. The number of aliphatic hydroxyl groups excluding tert-OH is 1. The molecule has 1 rings (SSSR count). The van der Waals surface area contributed by atoms with Gasteiger partial charge in [-0.3, -0.25) is 9.59 Å². The quantitative estimate of drug-likeness (QED) is 0.755. The Morgan fingerprint density at radius 1 is 1.56 bits per heavy atom. The number of aliphatic hydroxyl groups is 1. The number of hydrogen-bond donors (Lipinski definition) is 2. The lowest BCUT2D eigenvalue weighted by Gasteiger charge is -2.18. The fourth-order valence-electron chi connectivity index (χ4n) is 1.37. The van der Waals surface area contributed by atoms with Crippen LogP contribution in [-0.2, 0) is 4.79 Å². The van der Waals surface area contributed by atoms with Crippen LogP contribution in [0.4, 0.5) is 0 Å². The van der Waals surface area contributed by atoms with E-state index in [1.165, 1.54) is 16.2 Å². The van der Waals surface area contributed by atoms with Gasteiger partial charge in [0.1, 0.15) is 11.5 Å². The van der Waals surface area contributed by atoms with Crippen LogP contribution in [0.25, 0.3) is 0 Å². The van der Waals surface area contributed by atoms with Crippen LogP contribution in [-0.4, -0.2) is 41.5 Å². The maximum Gasteiger partial charge on any atom is 0.265 e. The van der Waals surface area contributed by atoms with Gasteiger partial charge in [0.15, 0.2) is 0 Å². The lowest BCUT2D eigenvalue weighted by atomic mass is 10.2. The molecule has 1 heterocycles. The molecule has 0 fully saturated rings. The predicted octanol–water partition coefficient (Wildman–Crippen LogP) is 0.0393. The van der Waals surface area contributed by atoms with Gasteiger partial charge in [0.05, 0.1) is 6.54 Å². The summed E-state index contributed by atoms with van der Waals surface area (Å²) in [5.41, 5.74) is 5.65. The molecule has 1 aromatic rings. The van der Waals surface area contributed by atoms with E-state index in [0.29, 0.717) is 17.0 Å². The van der Waals surface area contributed by atoms with Gasteiger partial charge >= 0.3 is 0 Å². The van der Waals surface area contributed by atoms with Crippen LogP contribution in [0, 0.1) is 11.8 Å². The number of carbonyl (C=O) groups excluding carboxylic acids is 2. The van der Waals surface area contributed by atoms with Crippen molar-refractivity contribution in [3.05, 3.63) is 21.9 Å². The maximum atomic E-state index is 12.2. The summed E-state index contributed by atoms with van der Waals surface area (Å²) in [6.45, 7) is 1.79. The highest BCUT2D eigenvalue weighted by Crippen LogP contribution is 2.18. The average molecular weight is 266 g/mol. The van der Waals surface area contributed by atoms with Crippen LogP contribution >= 0.6 is 11.3 Å². The molecule has 0 spiro atoms. The van der Waals surface area contributed by atoms with E-state index in [-0.39, 0.29) is 19.1 Å².